The van der Waals surface area contributed by atoms with E-state index < -0.39 is 0 Å². The maximum absolute atomic E-state index is 5.52. The molecule has 1 aliphatic carbocycles. The van der Waals surface area contributed by atoms with Crippen LogP contribution < -0.4 is 10.4 Å². The molecular formula is C11H7BrO. The quantitative estimate of drug-likeness (QED) is 0.658. The van der Waals surface area contributed by atoms with Gasteiger partial charge in [-0.15, -0.1) is 0 Å². The summed E-state index contributed by atoms with van der Waals surface area (Å²) in [6, 6.07) is 6.26. The molecule has 0 bridgehead atoms. The van der Waals surface area contributed by atoms with E-state index in [2.05, 4.69) is 40.2 Å². The highest BCUT2D eigenvalue weighted by molar-refractivity contribution is 9.10. The number of fused-ring (bicyclic) bond motifs is 2. The molecule has 3 rings (SSSR count). The second-order valence-electron chi connectivity index (χ2n) is 3.18. The van der Waals surface area contributed by atoms with Gasteiger partial charge in [0.15, 0.2) is 0 Å². The SMILES string of the molecule is Brc1ccc2c(c1)=CC1=CCOC=21. The van der Waals surface area contributed by atoms with Crippen molar-refractivity contribution in [1.29, 1.82) is 0 Å². The first-order chi connectivity index (χ1) is 6.34. The molecule has 2 heteroatoms. The highest BCUT2D eigenvalue weighted by Crippen LogP contribution is 2.21. The molecular weight excluding hydrogens is 228 g/mol. The van der Waals surface area contributed by atoms with Gasteiger partial charge in [0.2, 0.25) is 0 Å². The summed E-state index contributed by atoms with van der Waals surface area (Å²) in [7, 11) is 0. The normalized spacial score (nSPS) is 17.3. The van der Waals surface area contributed by atoms with Crippen LogP contribution in [0.5, 0.6) is 0 Å². The van der Waals surface area contributed by atoms with Crippen LogP contribution in [0.1, 0.15) is 0 Å². The summed E-state index contributed by atoms with van der Waals surface area (Å²) < 4.78 is 6.64. The van der Waals surface area contributed by atoms with Crippen molar-refractivity contribution in [1.82, 2.24) is 0 Å². The number of halogens is 1. The van der Waals surface area contributed by atoms with Crippen LogP contribution in [0, 0.1) is 0 Å². The molecule has 2 aliphatic rings. The number of benzene rings is 1. The summed E-state index contributed by atoms with van der Waals surface area (Å²) in [5.74, 6) is 1.04. The summed E-state index contributed by atoms with van der Waals surface area (Å²) >= 11 is 3.46. The zero-order chi connectivity index (χ0) is 8.84. The van der Waals surface area contributed by atoms with Crippen LogP contribution in [0.4, 0.5) is 0 Å². The first kappa shape index (κ1) is 7.39. The summed E-state index contributed by atoms with van der Waals surface area (Å²) in [5, 5.41) is 2.46. The van der Waals surface area contributed by atoms with E-state index in [0.717, 1.165) is 16.8 Å². The van der Waals surface area contributed by atoms with Crippen LogP contribution in [-0.4, -0.2) is 6.61 Å². The van der Waals surface area contributed by atoms with E-state index in [0.29, 0.717) is 0 Å². The first-order valence-corrected chi connectivity index (χ1v) is 4.99. The summed E-state index contributed by atoms with van der Waals surface area (Å²) in [6.07, 6.45) is 4.28. The van der Waals surface area contributed by atoms with Crippen LogP contribution in [0.15, 0.2) is 34.3 Å². The molecule has 0 saturated carbocycles. The van der Waals surface area contributed by atoms with E-state index in [1.807, 2.05) is 6.07 Å². The Morgan fingerprint density at radius 1 is 1.31 bits per heavy atom. The van der Waals surface area contributed by atoms with Crippen molar-refractivity contribution < 1.29 is 4.74 Å². The Morgan fingerprint density at radius 3 is 3.15 bits per heavy atom. The standard InChI is InChI=1S/C11H7BrO/c12-9-1-2-10-8(6-9)5-7-3-4-13-11(7)10/h1-3,5-6H,4H2. The Balaban J connectivity index is 2.46. The molecule has 0 radical (unpaired) electrons. The smallest absolute Gasteiger partial charge is 0.134 e. The van der Waals surface area contributed by atoms with E-state index >= 15 is 0 Å². The van der Waals surface area contributed by atoms with Crippen molar-refractivity contribution in [3.05, 3.63) is 44.8 Å². The Bertz CT molecular complexity index is 526. The minimum absolute atomic E-state index is 0.719. The van der Waals surface area contributed by atoms with Crippen LogP contribution in [0.3, 0.4) is 0 Å². The maximum Gasteiger partial charge on any atom is 0.134 e. The molecule has 0 atom stereocenters. The van der Waals surface area contributed by atoms with Gasteiger partial charge in [-0.25, -0.2) is 0 Å². The van der Waals surface area contributed by atoms with Crippen molar-refractivity contribution in [2.45, 2.75) is 0 Å². The summed E-state index contributed by atoms with van der Waals surface area (Å²) in [4.78, 5) is 0. The highest BCUT2D eigenvalue weighted by atomic mass is 79.9. The third-order valence-corrected chi connectivity index (χ3v) is 2.86. The van der Waals surface area contributed by atoms with Crippen molar-refractivity contribution in [2.24, 2.45) is 0 Å². The molecule has 0 fully saturated rings. The fourth-order valence-corrected chi connectivity index (χ4v) is 2.15. The third-order valence-electron chi connectivity index (χ3n) is 2.36. The largest absolute Gasteiger partial charge is 0.488 e. The first-order valence-electron chi connectivity index (χ1n) is 4.19. The van der Waals surface area contributed by atoms with Gasteiger partial charge in [0.1, 0.15) is 12.4 Å². The van der Waals surface area contributed by atoms with E-state index in [4.69, 9.17) is 4.74 Å². The predicted octanol–water partition coefficient (Wildman–Crippen LogP) is 1.31. The minimum Gasteiger partial charge on any atom is -0.488 e. The topological polar surface area (TPSA) is 9.23 Å². The summed E-state index contributed by atoms with van der Waals surface area (Å²) in [5.41, 5.74) is 1.23. The Kier molecular flexibility index (Phi) is 1.41. The van der Waals surface area contributed by atoms with Gasteiger partial charge >= 0.3 is 0 Å². The molecule has 1 aliphatic heterocycles. The molecule has 1 heterocycles. The van der Waals surface area contributed by atoms with E-state index in [1.54, 1.807) is 0 Å². The summed E-state index contributed by atoms with van der Waals surface area (Å²) in [6.45, 7) is 0.719. The molecule has 64 valence electrons. The van der Waals surface area contributed by atoms with Crippen molar-refractivity contribution in [3.63, 3.8) is 0 Å². The maximum atomic E-state index is 5.52. The minimum atomic E-state index is 0.719. The third kappa shape index (κ3) is 0.985. The van der Waals surface area contributed by atoms with Crippen LogP contribution >= 0.6 is 15.9 Å². The van der Waals surface area contributed by atoms with Crippen molar-refractivity contribution in [3.8, 4) is 0 Å². The van der Waals surface area contributed by atoms with Gasteiger partial charge in [0.05, 0.1) is 0 Å². The molecule has 0 amide bonds. The molecule has 0 saturated heterocycles. The number of hydrogen-bond acceptors (Lipinski definition) is 1. The molecule has 0 N–H and O–H groups in total. The molecule has 13 heavy (non-hydrogen) atoms. The predicted molar refractivity (Wildman–Crippen MR) is 55.3 cm³/mol. The monoisotopic (exact) mass is 234 g/mol. The lowest BCUT2D eigenvalue weighted by atomic mass is 10.2. The average Bonchev–Trinajstić information content (AvgIpc) is 2.62. The lowest BCUT2D eigenvalue weighted by Crippen LogP contribution is -2.22. The van der Waals surface area contributed by atoms with Gasteiger partial charge in [0.25, 0.3) is 0 Å². The van der Waals surface area contributed by atoms with E-state index in [-0.39, 0.29) is 0 Å². The van der Waals surface area contributed by atoms with Gasteiger partial charge < -0.3 is 4.74 Å². The fourth-order valence-electron chi connectivity index (χ4n) is 1.78. The Morgan fingerprint density at radius 2 is 2.23 bits per heavy atom. The number of hydrogen-bond donors (Lipinski definition) is 0. The van der Waals surface area contributed by atoms with Crippen LogP contribution in [-0.2, 0) is 4.74 Å². The lowest BCUT2D eigenvalue weighted by molar-refractivity contribution is 0.334. The van der Waals surface area contributed by atoms with Crippen molar-refractivity contribution >= 4 is 27.8 Å². The van der Waals surface area contributed by atoms with E-state index in [1.165, 1.54) is 16.0 Å². The zero-order valence-corrected chi connectivity index (χ0v) is 8.47. The molecule has 1 nitrogen and oxygen atoms in total. The van der Waals surface area contributed by atoms with Crippen molar-refractivity contribution in [2.75, 3.05) is 6.61 Å². The highest BCUT2D eigenvalue weighted by Gasteiger charge is 2.16. The number of rotatable bonds is 0. The van der Waals surface area contributed by atoms with Gasteiger partial charge in [-0.3, -0.25) is 0 Å². The zero-order valence-electron chi connectivity index (χ0n) is 6.88. The molecule has 0 aromatic heterocycles. The van der Waals surface area contributed by atoms with Gasteiger partial charge in [-0.05, 0) is 35.6 Å². The Hall–Kier alpha value is -1.02. The fraction of sp³-hybridized carbons (Fsp3) is 0.0909. The second kappa shape index (κ2) is 2.48. The molecule has 1 aromatic carbocycles. The van der Waals surface area contributed by atoms with E-state index in [9.17, 15) is 0 Å². The van der Waals surface area contributed by atoms with Gasteiger partial charge in [-0.2, -0.15) is 0 Å². The molecule has 0 spiro atoms. The number of ether oxygens (including phenoxy) is 1. The van der Waals surface area contributed by atoms with Crippen LogP contribution in [0.2, 0.25) is 0 Å². The lowest BCUT2D eigenvalue weighted by Gasteiger charge is -1.96. The van der Waals surface area contributed by atoms with Gasteiger partial charge in [0, 0.05) is 15.3 Å². The molecule has 1 aromatic rings. The Labute approximate surface area is 84.2 Å². The second-order valence-corrected chi connectivity index (χ2v) is 4.09. The average molecular weight is 235 g/mol. The molecule has 0 unspecified atom stereocenters. The van der Waals surface area contributed by atoms with Gasteiger partial charge in [-0.1, -0.05) is 15.9 Å². The van der Waals surface area contributed by atoms with Crippen LogP contribution in [0.25, 0.3) is 11.8 Å².